The number of Topliss-reactive ketones (excluding diaryl/α,β-unsaturated/α-hetero) is 1. The Morgan fingerprint density at radius 1 is 1.20 bits per heavy atom. The Bertz CT molecular complexity index is 623. The van der Waals surface area contributed by atoms with E-state index in [-0.39, 0.29) is 17.9 Å². The molecule has 2 aliphatic carbocycles. The topological polar surface area (TPSA) is 26.3 Å². The van der Waals surface area contributed by atoms with E-state index >= 15 is 0 Å². The van der Waals surface area contributed by atoms with E-state index in [2.05, 4.69) is 0 Å². The van der Waals surface area contributed by atoms with Crippen molar-refractivity contribution >= 4 is 28.4 Å². The molecule has 0 radical (unpaired) electrons. The fourth-order valence-corrected chi connectivity index (χ4v) is 2.85. The van der Waals surface area contributed by atoms with Crippen molar-refractivity contribution in [2.24, 2.45) is 0 Å². The Morgan fingerprint density at radius 2 is 1.80 bits per heavy atom. The van der Waals surface area contributed by atoms with Crippen LogP contribution in [0.2, 0.25) is 0 Å². The molecule has 0 spiro atoms. The maximum Gasteiger partial charge on any atom is 0.455 e. The summed E-state index contributed by atoms with van der Waals surface area (Å²) in [7, 11) is 0. The molecule has 6 heteroatoms. The predicted octanol–water partition coefficient (Wildman–Crippen LogP) is 4.54. The Morgan fingerprint density at radius 3 is 2.35 bits per heavy atom. The second-order valence-corrected chi connectivity index (χ2v) is 5.09. The number of halogens is 4. The molecule has 2 rings (SSSR count). The van der Waals surface area contributed by atoms with Crippen molar-refractivity contribution in [3.05, 3.63) is 39.5 Å². The fourth-order valence-electron chi connectivity index (χ4n) is 1.96. The molecule has 106 valence electrons. The molecule has 0 aromatic rings. The van der Waals surface area contributed by atoms with Crippen LogP contribution in [0, 0.1) is 3.57 Å². The van der Waals surface area contributed by atoms with Crippen LogP contribution in [-0.2, 0) is 0 Å². The molecule has 0 fully saturated rings. The van der Waals surface area contributed by atoms with Crippen LogP contribution < -0.4 is 4.74 Å². The first-order valence-corrected chi connectivity index (χ1v) is 6.90. The fraction of sp³-hybridized carbons (Fsp3) is 0.214. The number of hydrogen-bond donors (Lipinski definition) is 0. The third kappa shape index (κ3) is 2.61. The van der Waals surface area contributed by atoms with Gasteiger partial charge in [0.2, 0.25) is 0 Å². The molecule has 2 aliphatic rings. The lowest BCUT2D eigenvalue weighted by Gasteiger charge is -2.08. The van der Waals surface area contributed by atoms with Gasteiger partial charge in [0.05, 0.1) is 15.7 Å². The molecule has 2 nitrogen and oxygen atoms in total. The minimum Gasteiger partial charge on any atom is -0.492 e. The maximum atomic E-state index is 12.8. The molecular weight excluding hydrogens is 384 g/mol. The van der Waals surface area contributed by atoms with Gasteiger partial charge in [-0.25, -0.2) is 0 Å². The lowest BCUT2D eigenvalue weighted by molar-refractivity contribution is -0.0886. The first-order chi connectivity index (χ1) is 9.38. The van der Waals surface area contributed by atoms with E-state index in [4.69, 9.17) is 4.74 Å². The summed E-state index contributed by atoms with van der Waals surface area (Å²) >= 11 is 1.90. The van der Waals surface area contributed by atoms with Crippen LogP contribution in [-0.4, -0.2) is 18.6 Å². The zero-order valence-corrected chi connectivity index (χ0v) is 12.6. The number of rotatable bonds is 3. The third-order valence-corrected chi connectivity index (χ3v) is 3.81. The molecule has 0 aromatic heterocycles. The summed E-state index contributed by atoms with van der Waals surface area (Å²) in [6, 6.07) is 8.17. The summed E-state index contributed by atoms with van der Waals surface area (Å²) in [5.74, 6) is -1.86. The van der Waals surface area contributed by atoms with Crippen molar-refractivity contribution in [1.82, 2.24) is 0 Å². The van der Waals surface area contributed by atoms with Gasteiger partial charge in [0.1, 0.15) is 5.75 Å². The Kier molecular flexibility index (Phi) is 4.22. The van der Waals surface area contributed by atoms with Crippen LogP contribution in [0.3, 0.4) is 0 Å². The van der Waals surface area contributed by atoms with Crippen LogP contribution in [0.25, 0.3) is 11.1 Å². The molecular formula is C14H10F3IO2. The van der Waals surface area contributed by atoms with E-state index < -0.39 is 17.5 Å². The van der Waals surface area contributed by atoms with Crippen molar-refractivity contribution in [2.75, 3.05) is 6.61 Å². The Labute approximate surface area is 127 Å². The van der Waals surface area contributed by atoms with Gasteiger partial charge in [-0.15, -0.1) is 0 Å². The lowest BCUT2D eigenvalue weighted by atomic mass is 10.1. The molecule has 0 aliphatic heterocycles. The average Bonchev–Trinajstić information content (AvgIpc) is 2.57. The number of hydrogen-bond acceptors (Lipinski definition) is 2. The molecule has 20 heavy (non-hydrogen) atoms. The molecule has 0 N–H and O–H groups in total. The summed E-state index contributed by atoms with van der Waals surface area (Å²) in [5, 5.41) is 0. The van der Waals surface area contributed by atoms with Gasteiger partial charge in [-0.05, 0) is 40.6 Å². The first-order valence-electron chi connectivity index (χ1n) is 5.82. The molecule has 0 heterocycles. The Balaban J connectivity index is 2.76. The van der Waals surface area contributed by atoms with Gasteiger partial charge < -0.3 is 4.74 Å². The van der Waals surface area contributed by atoms with Gasteiger partial charge in [0.15, 0.2) is 0 Å². The second-order valence-electron chi connectivity index (χ2n) is 4.02. The summed E-state index contributed by atoms with van der Waals surface area (Å²) in [5.41, 5.74) is 0.423. The van der Waals surface area contributed by atoms with Crippen molar-refractivity contribution in [1.29, 1.82) is 0 Å². The van der Waals surface area contributed by atoms with Gasteiger partial charge in [-0.2, -0.15) is 13.2 Å². The standard InChI is InChI=1S/C14H10F3IO2/c1-2-20-12-10(13(19)14(15,16)17)8-6-4-3-5-7-9(8)11(12)18/h3-7H,2H2,1H3. The highest BCUT2D eigenvalue weighted by molar-refractivity contribution is 14.1. The quantitative estimate of drug-likeness (QED) is 0.565. The zero-order chi connectivity index (χ0) is 14.9. The van der Waals surface area contributed by atoms with E-state index in [1.807, 2.05) is 22.6 Å². The summed E-state index contributed by atoms with van der Waals surface area (Å²) < 4.78 is 44.1. The maximum absolute atomic E-state index is 12.8. The number of ketones is 1. The van der Waals surface area contributed by atoms with Gasteiger partial charge >= 0.3 is 6.18 Å². The number of alkyl halides is 3. The third-order valence-electron chi connectivity index (χ3n) is 2.74. The monoisotopic (exact) mass is 394 g/mol. The minimum absolute atomic E-state index is 0.0108. The van der Waals surface area contributed by atoms with Gasteiger partial charge in [-0.3, -0.25) is 4.79 Å². The smallest absolute Gasteiger partial charge is 0.455 e. The molecule has 0 saturated heterocycles. The second kappa shape index (κ2) is 5.59. The first kappa shape index (κ1) is 15.1. The average molecular weight is 394 g/mol. The predicted molar refractivity (Wildman–Crippen MR) is 77.3 cm³/mol. The molecule has 0 bridgehead atoms. The van der Waals surface area contributed by atoms with E-state index in [9.17, 15) is 18.0 Å². The van der Waals surface area contributed by atoms with E-state index in [0.717, 1.165) is 0 Å². The van der Waals surface area contributed by atoms with Crippen LogP contribution in [0.5, 0.6) is 5.75 Å². The molecule has 0 aromatic carbocycles. The summed E-state index contributed by atoms with van der Waals surface area (Å²) in [4.78, 5) is 11.7. The number of carbonyl (C=O) groups excluding carboxylic acids is 1. The summed E-state index contributed by atoms with van der Waals surface area (Å²) in [6.07, 6.45) is -4.93. The van der Waals surface area contributed by atoms with Crippen LogP contribution in [0.1, 0.15) is 17.3 Å². The van der Waals surface area contributed by atoms with Crippen molar-refractivity contribution in [3.8, 4) is 16.9 Å². The number of ether oxygens (including phenoxy) is 1. The van der Waals surface area contributed by atoms with E-state index in [1.54, 1.807) is 31.2 Å². The highest BCUT2D eigenvalue weighted by Gasteiger charge is 2.44. The molecule has 0 unspecified atom stereocenters. The van der Waals surface area contributed by atoms with Crippen LogP contribution >= 0.6 is 22.6 Å². The van der Waals surface area contributed by atoms with Crippen molar-refractivity contribution < 1.29 is 22.7 Å². The van der Waals surface area contributed by atoms with Gasteiger partial charge in [-0.1, -0.05) is 30.3 Å². The van der Waals surface area contributed by atoms with E-state index in [0.29, 0.717) is 9.13 Å². The highest BCUT2D eigenvalue weighted by atomic mass is 127. The van der Waals surface area contributed by atoms with Crippen LogP contribution in [0.15, 0.2) is 30.3 Å². The van der Waals surface area contributed by atoms with E-state index in [1.165, 1.54) is 6.07 Å². The zero-order valence-electron chi connectivity index (χ0n) is 10.4. The summed E-state index contributed by atoms with van der Waals surface area (Å²) in [6.45, 7) is 1.85. The van der Waals surface area contributed by atoms with Gasteiger partial charge in [0, 0.05) is 0 Å². The molecule has 0 atom stereocenters. The van der Waals surface area contributed by atoms with Crippen molar-refractivity contribution in [2.45, 2.75) is 13.1 Å². The highest BCUT2D eigenvalue weighted by Crippen LogP contribution is 2.44. The largest absolute Gasteiger partial charge is 0.492 e. The Hall–Kier alpha value is -1.31. The van der Waals surface area contributed by atoms with Gasteiger partial charge in [0.25, 0.3) is 5.78 Å². The molecule has 0 amide bonds. The lowest BCUT2D eigenvalue weighted by Crippen LogP contribution is -2.23. The van der Waals surface area contributed by atoms with Crippen molar-refractivity contribution in [3.63, 3.8) is 0 Å². The number of carbonyl (C=O) groups is 1. The number of fused-ring (bicyclic) bond motifs is 1. The minimum atomic E-state index is -4.93. The molecule has 0 saturated carbocycles. The normalized spacial score (nSPS) is 11.7. The van der Waals surface area contributed by atoms with Crippen LogP contribution in [0.4, 0.5) is 13.2 Å². The SMILES string of the molecule is CCOc1c(I)c2cccccc-2c1C(=O)C(F)(F)F.